The molecule has 0 fully saturated rings. The summed E-state index contributed by atoms with van der Waals surface area (Å²) >= 11 is 1.27. The lowest BCUT2D eigenvalue weighted by Gasteiger charge is -1.91. The highest BCUT2D eigenvalue weighted by Gasteiger charge is 2.02. The second kappa shape index (κ2) is 6.32. The Hall–Kier alpha value is -2.79. The molecule has 0 aliphatic carbocycles. The molecule has 0 spiro atoms. The van der Waals surface area contributed by atoms with Gasteiger partial charge in [0.2, 0.25) is 0 Å². The normalized spacial score (nSPS) is 10.2. The van der Waals surface area contributed by atoms with E-state index in [1.54, 1.807) is 18.2 Å². The number of aromatic hydroxyl groups is 1. The molecule has 0 saturated carbocycles. The van der Waals surface area contributed by atoms with Gasteiger partial charge in [0.1, 0.15) is 5.75 Å². The fourth-order valence-corrected chi connectivity index (χ4v) is 2.81. The number of carbonyl (C=O) groups excluding carboxylic acids is 1. The largest absolute Gasteiger partial charge is 0.508 e. The molecule has 2 aromatic carbocycles. The number of phenols is 1. The summed E-state index contributed by atoms with van der Waals surface area (Å²) in [6.45, 7) is 0. The zero-order valence-corrected chi connectivity index (χ0v) is 12.3. The number of benzene rings is 2. The van der Waals surface area contributed by atoms with Gasteiger partial charge in [0.15, 0.2) is 11.3 Å². The van der Waals surface area contributed by atoms with Crippen molar-refractivity contribution in [3.8, 4) is 5.75 Å². The third-order valence-corrected chi connectivity index (χ3v) is 3.95. The molecule has 0 atom stereocenters. The first-order valence-corrected chi connectivity index (χ1v) is 7.42. The summed E-state index contributed by atoms with van der Waals surface area (Å²) in [5.74, 6) is 0.198. The fourth-order valence-electron chi connectivity index (χ4n) is 2.00. The summed E-state index contributed by atoms with van der Waals surface area (Å²) in [5.41, 5.74) is 1.81. The molecule has 0 bridgehead atoms. The van der Waals surface area contributed by atoms with Crippen molar-refractivity contribution in [2.24, 2.45) is 0 Å². The van der Waals surface area contributed by atoms with Crippen LogP contribution in [0.3, 0.4) is 0 Å². The average Bonchev–Trinajstić information content (AvgIpc) is 2.98. The minimum Gasteiger partial charge on any atom is -0.508 e. The van der Waals surface area contributed by atoms with Crippen LogP contribution in [-0.2, 0) is 0 Å². The molecule has 4 nitrogen and oxygen atoms in total. The van der Waals surface area contributed by atoms with Gasteiger partial charge in [-0.05, 0) is 30.3 Å². The van der Waals surface area contributed by atoms with Crippen LogP contribution >= 0.6 is 11.3 Å². The summed E-state index contributed by atoms with van der Waals surface area (Å²) in [6.07, 6.45) is 2.52. The Morgan fingerprint density at radius 1 is 1.00 bits per heavy atom. The Morgan fingerprint density at radius 2 is 1.82 bits per heavy atom. The zero-order chi connectivity index (χ0) is 15.4. The average molecular weight is 308 g/mol. The third-order valence-electron chi connectivity index (χ3n) is 3.00. The van der Waals surface area contributed by atoms with Crippen LogP contribution in [0.5, 0.6) is 5.75 Å². The molecule has 0 unspecified atom stereocenters. The Balaban J connectivity index is 0.000000133. The molecule has 2 heterocycles. The monoisotopic (exact) mass is 308 g/mol. The maximum absolute atomic E-state index is 10.3. The maximum Gasteiger partial charge on any atom is 0.178 e. The van der Waals surface area contributed by atoms with E-state index in [-0.39, 0.29) is 5.75 Å². The minimum absolute atomic E-state index is 0.198. The quantitative estimate of drug-likeness (QED) is 0.539. The van der Waals surface area contributed by atoms with E-state index in [1.807, 2.05) is 30.5 Å². The summed E-state index contributed by atoms with van der Waals surface area (Å²) in [7, 11) is 0. The molecular weight excluding hydrogens is 296 g/mol. The number of aldehydes is 1. The van der Waals surface area contributed by atoms with Gasteiger partial charge in [-0.25, -0.2) is 4.98 Å². The zero-order valence-electron chi connectivity index (χ0n) is 11.5. The molecule has 0 radical (unpaired) electrons. The number of aromatic nitrogens is 2. The van der Waals surface area contributed by atoms with Crippen molar-refractivity contribution >= 4 is 38.7 Å². The molecule has 1 N–H and O–H groups in total. The number of hydrogen-bond acceptors (Lipinski definition) is 5. The van der Waals surface area contributed by atoms with Crippen LogP contribution in [0, 0.1) is 0 Å². The van der Waals surface area contributed by atoms with Gasteiger partial charge >= 0.3 is 0 Å². The van der Waals surface area contributed by atoms with E-state index in [9.17, 15) is 4.79 Å². The number of nitrogens with zero attached hydrogens (tertiary/aromatic N) is 2. The van der Waals surface area contributed by atoms with Gasteiger partial charge in [-0.3, -0.25) is 9.78 Å². The van der Waals surface area contributed by atoms with E-state index in [0.29, 0.717) is 11.3 Å². The first-order chi connectivity index (χ1) is 10.8. The smallest absolute Gasteiger partial charge is 0.178 e. The highest BCUT2D eigenvalue weighted by atomic mass is 32.1. The highest BCUT2D eigenvalue weighted by Crippen LogP contribution is 2.24. The lowest BCUT2D eigenvalue weighted by Crippen LogP contribution is -1.73. The van der Waals surface area contributed by atoms with Crippen molar-refractivity contribution in [1.29, 1.82) is 0 Å². The molecule has 22 heavy (non-hydrogen) atoms. The molecule has 4 rings (SSSR count). The summed E-state index contributed by atoms with van der Waals surface area (Å²) < 4.78 is 0.831. The van der Waals surface area contributed by atoms with Crippen molar-refractivity contribution in [2.45, 2.75) is 0 Å². The number of pyridine rings is 1. The van der Waals surface area contributed by atoms with E-state index in [0.717, 1.165) is 15.7 Å². The SMILES string of the molecule is O=Cc1nc2ccc(O)cc2s1.c1ccc2ncccc2c1. The van der Waals surface area contributed by atoms with Gasteiger partial charge in [-0.1, -0.05) is 24.3 Å². The van der Waals surface area contributed by atoms with Crippen LogP contribution in [0.1, 0.15) is 9.80 Å². The minimum atomic E-state index is 0.198. The predicted molar refractivity (Wildman–Crippen MR) is 88.4 cm³/mol. The van der Waals surface area contributed by atoms with Crippen molar-refractivity contribution in [3.05, 3.63) is 65.8 Å². The highest BCUT2D eigenvalue weighted by molar-refractivity contribution is 7.20. The third kappa shape index (κ3) is 3.10. The molecule has 0 amide bonds. The number of fused-ring (bicyclic) bond motifs is 2. The van der Waals surface area contributed by atoms with Gasteiger partial charge in [0, 0.05) is 11.6 Å². The molecule has 5 heteroatoms. The van der Waals surface area contributed by atoms with Gasteiger partial charge < -0.3 is 5.11 Å². The van der Waals surface area contributed by atoms with Crippen molar-refractivity contribution in [2.75, 3.05) is 0 Å². The number of hydrogen-bond donors (Lipinski definition) is 1. The molecule has 2 aromatic heterocycles. The molecule has 108 valence electrons. The van der Waals surface area contributed by atoms with E-state index < -0.39 is 0 Å². The predicted octanol–water partition coefficient (Wildman–Crippen LogP) is 4.05. The number of para-hydroxylation sites is 1. The van der Waals surface area contributed by atoms with Crippen molar-refractivity contribution in [1.82, 2.24) is 9.97 Å². The topological polar surface area (TPSA) is 63.1 Å². The maximum atomic E-state index is 10.3. The summed E-state index contributed by atoms with van der Waals surface area (Å²) in [6, 6.07) is 16.9. The van der Waals surface area contributed by atoms with Crippen LogP contribution in [-0.4, -0.2) is 21.4 Å². The molecule has 0 aliphatic rings. The second-order valence-corrected chi connectivity index (χ2v) is 5.58. The standard InChI is InChI=1S/C9H7N.C8H5NO2S/c1-2-6-9-8(4-1)5-3-7-10-9;10-4-8-9-6-2-1-5(11)3-7(6)12-8/h1-7H;1-4,11H. The molecule has 0 aliphatic heterocycles. The number of thiazole rings is 1. The number of carbonyl (C=O) groups is 1. The van der Waals surface area contributed by atoms with E-state index in [4.69, 9.17) is 5.11 Å². The van der Waals surface area contributed by atoms with Gasteiger partial charge in [-0.2, -0.15) is 0 Å². The summed E-state index contributed by atoms with van der Waals surface area (Å²) in [4.78, 5) is 18.5. The van der Waals surface area contributed by atoms with E-state index in [1.165, 1.54) is 16.7 Å². The Labute approximate surface area is 130 Å². The first kappa shape index (κ1) is 14.2. The lowest BCUT2D eigenvalue weighted by atomic mass is 10.2. The summed E-state index contributed by atoms with van der Waals surface area (Å²) in [5, 5.41) is 10.7. The Bertz CT molecular complexity index is 869. The number of rotatable bonds is 1. The van der Waals surface area contributed by atoms with E-state index in [2.05, 4.69) is 22.1 Å². The van der Waals surface area contributed by atoms with Crippen LogP contribution in [0.25, 0.3) is 21.1 Å². The van der Waals surface area contributed by atoms with Gasteiger partial charge in [0.25, 0.3) is 0 Å². The first-order valence-electron chi connectivity index (χ1n) is 6.61. The fraction of sp³-hybridized carbons (Fsp3) is 0. The van der Waals surface area contributed by atoms with Crippen LogP contribution in [0.2, 0.25) is 0 Å². The number of phenolic OH excluding ortho intramolecular Hbond substituents is 1. The van der Waals surface area contributed by atoms with Gasteiger partial charge in [-0.15, -0.1) is 11.3 Å². The lowest BCUT2D eigenvalue weighted by molar-refractivity contribution is 0.112. The molecular formula is C17H12N2O2S. The Morgan fingerprint density at radius 3 is 2.64 bits per heavy atom. The molecule has 0 saturated heterocycles. The molecule has 4 aromatic rings. The van der Waals surface area contributed by atoms with Crippen molar-refractivity contribution < 1.29 is 9.90 Å². The Kier molecular flexibility index (Phi) is 4.07. The van der Waals surface area contributed by atoms with Gasteiger partial charge in [0.05, 0.1) is 15.7 Å². The van der Waals surface area contributed by atoms with Crippen LogP contribution < -0.4 is 0 Å². The van der Waals surface area contributed by atoms with Crippen LogP contribution in [0.4, 0.5) is 0 Å². The second-order valence-electron chi connectivity index (χ2n) is 4.52. The van der Waals surface area contributed by atoms with Crippen molar-refractivity contribution in [3.63, 3.8) is 0 Å². The van der Waals surface area contributed by atoms with Crippen LogP contribution in [0.15, 0.2) is 60.8 Å². The van der Waals surface area contributed by atoms with E-state index >= 15 is 0 Å².